The number of hydrogen-bond donors (Lipinski definition) is 0. The molecule has 0 bridgehead atoms. The van der Waals surface area contributed by atoms with Gasteiger partial charge in [0.15, 0.2) is 0 Å². The van der Waals surface area contributed by atoms with Gasteiger partial charge in [0.1, 0.15) is 16.4 Å². The molecule has 1 aromatic rings. The number of aryl methyl sites for hydroxylation is 1. The highest BCUT2D eigenvalue weighted by Crippen LogP contribution is 2.35. The Kier molecular flexibility index (Phi) is 5.92. The Bertz CT molecular complexity index is 642. The van der Waals surface area contributed by atoms with Gasteiger partial charge in [0.05, 0.1) is 13.2 Å². The van der Waals surface area contributed by atoms with Gasteiger partial charge in [0, 0.05) is 18.7 Å². The minimum Gasteiger partial charge on any atom is -0.494 e. The quantitative estimate of drug-likeness (QED) is 0.796. The summed E-state index contributed by atoms with van der Waals surface area (Å²) in [5.74, 6) is 1.01. The van der Waals surface area contributed by atoms with Crippen LogP contribution in [0.2, 0.25) is 0 Å². The molecule has 2 rings (SSSR count). The summed E-state index contributed by atoms with van der Waals surface area (Å²) in [5, 5.41) is 0. The van der Waals surface area contributed by atoms with Crippen molar-refractivity contribution in [3.63, 3.8) is 0 Å². The summed E-state index contributed by atoms with van der Waals surface area (Å²) in [6.45, 7) is 9.08. The summed E-state index contributed by atoms with van der Waals surface area (Å²) in [6.07, 6.45) is 2.87. The van der Waals surface area contributed by atoms with Crippen LogP contribution in [-0.2, 0) is 10.0 Å². The fourth-order valence-corrected chi connectivity index (χ4v) is 4.81. The van der Waals surface area contributed by atoms with E-state index >= 15 is 0 Å². The molecule has 0 amide bonds. The van der Waals surface area contributed by atoms with Crippen LogP contribution < -0.4 is 9.47 Å². The van der Waals surface area contributed by atoms with Crippen molar-refractivity contribution < 1.29 is 17.9 Å². The Morgan fingerprint density at radius 2 is 1.78 bits per heavy atom. The summed E-state index contributed by atoms with van der Waals surface area (Å²) in [6, 6.07) is 3.39. The van der Waals surface area contributed by atoms with Crippen LogP contribution in [0.4, 0.5) is 0 Å². The van der Waals surface area contributed by atoms with Crippen molar-refractivity contribution in [1.29, 1.82) is 0 Å². The molecule has 1 fully saturated rings. The molecule has 1 aromatic carbocycles. The topological polar surface area (TPSA) is 55.8 Å². The van der Waals surface area contributed by atoms with E-state index in [0.29, 0.717) is 31.3 Å². The summed E-state index contributed by atoms with van der Waals surface area (Å²) < 4.78 is 39.1. The Balaban J connectivity index is 2.51. The smallest absolute Gasteiger partial charge is 0.247 e. The van der Waals surface area contributed by atoms with Gasteiger partial charge < -0.3 is 9.47 Å². The number of hydrogen-bond acceptors (Lipinski definition) is 4. The van der Waals surface area contributed by atoms with E-state index < -0.39 is 10.0 Å². The lowest BCUT2D eigenvalue weighted by molar-refractivity contribution is 0.266. The molecule has 0 saturated carbocycles. The van der Waals surface area contributed by atoms with E-state index in [4.69, 9.17) is 9.47 Å². The number of sulfonamides is 1. The van der Waals surface area contributed by atoms with Gasteiger partial charge in [0.2, 0.25) is 10.0 Å². The van der Waals surface area contributed by atoms with E-state index in [9.17, 15) is 8.42 Å². The first-order valence-electron chi connectivity index (χ1n) is 8.33. The van der Waals surface area contributed by atoms with Crippen LogP contribution in [0.15, 0.2) is 17.0 Å². The SMILES string of the molecule is CCOc1cc(S(=O)(=O)N2CCCC[C@@H]2C)c(OCC)cc1C. The van der Waals surface area contributed by atoms with Gasteiger partial charge in [-0.25, -0.2) is 8.42 Å². The third kappa shape index (κ3) is 3.80. The second kappa shape index (κ2) is 7.53. The molecular weight excluding hydrogens is 314 g/mol. The number of rotatable bonds is 6. The van der Waals surface area contributed by atoms with Crippen LogP contribution in [0, 0.1) is 6.92 Å². The lowest BCUT2D eigenvalue weighted by atomic mass is 10.1. The van der Waals surface area contributed by atoms with E-state index in [-0.39, 0.29) is 10.9 Å². The molecule has 6 heteroatoms. The summed E-state index contributed by atoms with van der Waals surface area (Å²) in [5.41, 5.74) is 0.876. The monoisotopic (exact) mass is 341 g/mol. The van der Waals surface area contributed by atoms with Crippen LogP contribution in [0.3, 0.4) is 0 Å². The highest BCUT2D eigenvalue weighted by Gasteiger charge is 2.33. The zero-order valence-corrected chi connectivity index (χ0v) is 15.3. The van der Waals surface area contributed by atoms with Crippen LogP contribution in [0.5, 0.6) is 11.5 Å². The molecule has 1 aliphatic rings. The van der Waals surface area contributed by atoms with Gasteiger partial charge in [-0.3, -0.25) is 0 Å². The van der Waals surface area contributed by atoms with Gasteiger partial charge in [-0.05, 0) is 52.2 Å². The second-order valence-electron chi connectivity index (χ2n) is 5.89. The van der Waals surface area contributed by atoms with Crippen LogP contribution in [-0.4, -0.2) is 38.5 Å². The predicted octanol–water partition coefficient (Wildman–Crippen LogP) is 3.36. The minimum absolute atomic E-state index is 0.0140. The molecule has 5 nitrogen and oxygen atoms in total. The van der Waals surface area contributed by atoms with Gasteiger partial charge >= 0.3 is 0 Å². The fourth-order valence-electron chi connectivity index (χ4n) is 2.98. The molecule has 1 saturated heterocycles. The van der Waals surface area contributed by atoms with Gasteiger partial charge in [-0.1, -0.05) is 6.42 Å². The first-order chi connectivity index (χ1) is 10.9. The van der Waals surface area contributed by atoms with Gasteiger partial charge in [-0.2, -0.15) is 4.31 Å². The van der Waals surface area contributed by atoms with Gasteiger partial charge in [0.25, 0.3) is 0 Å². The van der Waals surface area contributed by atoms with E-state index in [1.54, 1.807) is 16.4 Å². The predicted molar refractivity (Wildman–Crippen MR) is 90.7 cm³/mol. The summed E-state index contributed by atoms with van der Waals surface area (Å²) in [7, 11) is -3.59. The zero-order chi connectivity index (χ0) is 17.0. The van der Waals surface area contributed by atoms with Crippen molar-refractivity contribution in [3.05, 3.63) is 17.7 Å². The van der Waals surface area contributed by atoms with Gasteiger partial charge in [-0.15, -0.1) is 0 Å². The first-order valence-corrected chi connectivity index (χ1v) is 9.77. The number of ether oxygens (including phenoxy) is 2. The largest absolute Gasteiger partial charge is 0.494 e. The van der Waals surface area contributed by atoms with E-state index in [2.05, 4.69) is 0 Å². The Morgan fingerprint density at radius 1 is 1.13 bits per heavy atom. The highest BCUT2D eigenvalue weighted by molar-refractivity contribution is 7.89. The molecule has 23 heavy (non-hydrogen) atoms. The average molecular weight is 341 g/mol. The lowest BCUT2D eigenvalue weighted by Gasteiger charge is -2.32. The molecule has 0 aliphatic carbocycles. The van der Waals surface area contributed by atoms with Crippen molar-refractivity contribution in [3.8, 4) is 11.5 Å². The maximum atomic E-state index is 13.2. The fraction of sp³-hybridized carbons (Fsp3) is 0.647. The summed E-state index contributed by atoms with van der Waals surface area (Å²) in [4.78, 5) is 0.210. The molecule has 1 atom stereocenters. The van der Waals surface area contributed by atoms with Crippen molar-refractivity contribution in [2.75, 3.05) is 19.8 Å². The van der Waals surface area contributed by atoms with Crippen LogP contribution in [0.25, 0.3) is 0 Å². The zero-order valence-electron chi connectivity index (χ0n) is 14.5. The van der Waals surface area contributed by atoms with E-state index in [1.807, 2.05) is 27.7 Å². The molecule has 0 unspecified atom stereocenters. The Hall–Kier alpha value is -1.27. The van der Waals surface area contributed by atoms with Crippen LogP contribution in [0.1, 0.15) is 45.6 Å². The first kappa shape index (κ1) is 18.1. The third-order valence-corrected chi connectivity index (χ3v) is 6.20. The average Bonchev–Trinajstić information content (AvgIpc) is 2.50. The molecule has 0 N–H and O–H groups in total. The van der Waals surface area contributed by atoms with Crippen LogP contribution >= 0.6 is 0 Å². The Labute approximate surface area is 139 Å². The number of nitrogens with zero attached hydrogens (tertiary/aromatic N) is 1. The van der Waals surface area contributed by atoms with E-state index in [0.717, 1.165) is 24.8 Å². The molecule has 0 radical (unpaired) electrons. The molecule has 0 aromatic heterocycles. The molecule has 1 heterocycles. The highest BCUT2D eigenvalue weighted by atomic mass is 32.2. The lowest BCUT2D eigenvalue weighted by Crippen LogP contribution is -2.42. The third-order valence-electron chi connectivity index (χ3n) is 4.17. The van der Waals surface area contributed by atoms with Crippen molar-refractivity contribution >= 4 is 10.0 Å². The van der Waals surface area contributed by atoms with Crippen molar-refractivity contribution in [1.82, 2.24) is 4.31 Å². The normalized spacial score (nSPS) is 19.6. The molecule has 1 aliphatic heterocycles. The summed E-state index contributed by atoms with van der Waals surface area (Å²) >= 11 is 0. The van der Waals surface area contributed by atoms with E-state index in [1.165, 1.54) is 0 Å². The number of benzene rings is 1. The second-order valence-corrected chi connectivity index (χ2v) is 7.75. The molecule has 130 valence electrons. The molecular formula is C17H27NO4S. The van der Waals surface area contributed by atoms with Crippen molar-refractivity contribution in [2.24, 2.45) is 0 Å². The maximum Gasteiger partial charge on any atom is 0.247 e. The molecule has 0 spiro atoms. The number of piperidine rings is 1. The Morgan fingerprint density at radius 3 is 2.39 bits per heavy atom. The van der Waals surface area contributed by atoms with Crippen molar-refractivity contribution in [2.45, 2.75) is 57.9 Å². The standard InChI is InChI=1S/C17H27NO4S/c1-5-21-15-12-17(16(22-6-2)11-13(15)3)23(19,20)18-10-8-7-9-14(18)4/h11-12,14H,5-10H2,1-4H3/t14-/m0/s1. The maximum absolute atomic E-state index is 13.2. The minimum atomic E-state index is -3.59.